The van der Waals surface area contributed by atoms with Gasteiger partial charge in [0.15, 0.2) is 11.5 Å². The SMILES string of the molecule is CCOC(=O)[C@@H]1C[C@H]1Cc1cc(OC)c(OC)cc1Br. The molecule has 20 heavy (non-hydrogen) atoms. The van der Waals surface area contributed by atoms with Crippen LogP contribution in [0.15, 0.2) is 16.6 Å². The molecule has 5 heteroatoms. The highest BCUT2D eigenvalue weighted by Crippen LogP contribution is 2.44. The first kappa shape index (κ1) is 15.2. The van der Waals surface area contributed by atoms with E-state index < -0.39 is 0 Å². The molecule has 1 aromatic carbocycles. The third-order valence-corrected chi connectivity index (χ3v) is 4.28. The number of carbonyl (C=O) groups excluding carboxylic acids is 1. The van der Waals surface area contributed by atoms with E-state index in [0.717, 1.165) is 22.9 Å². The number of halogens is 1. The van der Waals surface area contributed by atoms with Crippen LogP contribution in [0, 0.1) is 11.8 Å². The number of hydrogen-bond donors (Lipinski definition) is 0. The van der Waals surface area contributed by atoms with Crippen molar-refractivity contribution in [2.45, 2.75) is 19.8 Å². The summed E-state index contributed by atoms with van der Waals surface area (Å²) in [4.78, 5) is 11.6. The topological polar surface area (TPSA) is 44.8 Å². The number of esters is 1. The monoisotopic (exact) mass is 342 g/mol. The van der Waals surface area contributed by atoms with Gasteiger partial charge in [-0.3, -0.25) is 4.79 Å². The van der Waals surface area contributed by atoms with Crippen LogP contribution in [0.25, 0.3) is 0 Å². The standard InChI is InChI=1S/C15H19BrO4/c1-4-20-15(17)11-6-9(11)5-10-7-13(18-2)14(19-3)8-12(10)16/h7-9,11H,4-6H2,1-3H3/t9-,11-/m1/s1. The second kappa shape index (κ2) is 6.48. The Balaban J connectivity index is 2.06. The molecular formula is C15H19BrO4. The molecule has 0 aliphatic heterocycles. The summed E-state index contributed by atoms with van der Waals surface area (Å²) in [6.45, 7) is 2.28. The molecule has 2 atom stereocenters. The van der Waals surface area contributed by atoms with E-state index in [9.17, 15) is 4.79 Å². The maximum absolute atomic E-state index is 11.6. The Kier molecular flexibility index (Phi) is 4.91. The van der Waals surface area contributed by atoms with Gasteiger partial charge in [-0.25, -0.2) is 0 Å². The van der Waals surface area contributed by atoms with Gasteiger partial charge in [-0.2, -0.15) is 0 Å². The van der Waals surface area contributed by atoms with Gasteiger partial charge in [0.05, 0.1) is 26.7 Å². The Bertz CT molecular complexity index is 501. The highest BCUT2D eigenvalue weighted by Gasteiger charge is 2.44. The van der Waals surface area contributed by atoms with E-state index in [-0.39, 0.29) is 11.9 Å². The Morgan fingerprint density at radius 2 is 1.95 bits per heavy atom. The van der Waals surface area contributed by atoms with Crippen LogP contribution in [-0.4, -0.2) is 26.8 Å². The molecule has 0 spiro atoms. The lowest BCUT2D eigenvalue weighted by molar-refractivity contribution is -0.145. The van der Waals surface area contributed by atoms with Gasteiger partial charge in [0, 0.05) is 4.47 Å². The lowest BCUT2D eigenvalue weighted by Gasteiger charge is -2.11. The van der Waals surface area contributed by atoms with Gasteiger partial charge < -0.3 is 14.2 Å². The zero-order chi connectivity index (χ0) is 14.7. The van der Waals surface area contributed by atoms with Gasteiger partial charge in [0.25, 0.3) is 0 Å². The number of benzene rings is 1. The Hall–Kier alpha value is -1.23. The van der Waals surface area contributed by atoms with E-state index in [1.807, 2.05) is 19.1 Å². The highest BCUT2D eigenvalue weighted by molar-refractivity contribution is 9.10. The molecule has 1 aliphatic carbocycles. The van der Waals surface area contributed by atoms with Crippen LogP contribution in [0.5, 0.6) is 11.5 Å². The molecule has 0 aromatic heterocycles. The predicted octanol–water partition coefficient (Wildman–Crippen LogP) is 3.21. The molecule has 0 amide bonds. The normalized spacial score (nSPS) is 20.4. The van der Waals surface area contributed by atoms with Crippen molar-refractivity contribution in [2.75, 3.05) is 20.8 Å². The van der Waals surface area contributed by atoms with Gasteiger partial charge in [-0.15, -0.1) is 0 Å². The van der Waals surface area contributed by atoms with Crippen LogP contribution >= 0.6 is 15.9 Å². The van der Waals surface area contributed by atoms with Crippen molar-refractivity contribution in [3.05, 3.63) is 22.2 Å². The van der Waals surface area contributed by atoms with E-state index >= 15 is 0 Å². The zero-order valence-corrected chi connectivity index (χ0v) is 13.5. The highest BCUT2D eigenvalue weighted by atomic mass is 79.9. The molecule has 0 N–H and O–H groups in total. The average molecular weight is 343 g/mol. The number of rotatable bonds is 6. The molecule has 110 valence electrons. The van der Waals surface area contributed by atoms with Crippen LogP contribution < -0.4 is 9.47 Å². The molecule has 0 bridgehead atoms. The van der Waals surface area contributed by atoms with E-state index in [4.69, 9.17) is 14.2 Å². The first-order chi connectivity index (χ1) is 9.60. The minimum absolute atomic E-state index is 0.0509. The maximum Gasteiger partial charge on any atom is 0.309 e. The summed E-state index contributed by atoms with van der Waals surface area (Å²) in [5, 5.41) is 0. The maximum atomic E-state index is 11.6. The van der Waals surface area contributed by atoms with Crippen LogP contribution in [0.3, 0.4) is 0 Å². The van der Waals surface area contributed by atoms with Crippen molar-refractivity contribution in [2.24, 2.45) is 11.8 Å². The second-order valence-corrected chi connectivity index (χ2v) is 5.71. The summed E-state index contributed by atoms with van der Waals surface area (Å²) in [6, 6.07) is 3.86. The molecule has 0 unspecified atom stereocenters. The predicted molar refractivity (Wildman–Crippen MR) is 79.2 cm³/mol. The van der Waals surface area contributed by atoms with Crippen LogP contribution in [-0.2, 0) is 16.0 Å². The minimum Gasteiger partial charge on any atom is -0.493 e. The molecule has 1 saturated carbocycles. The average Bonchev–Trinajstić information content (AvgIpc) is 3.20. The molecular weight excluding hydrogens is 324 g/mol. The molecule has 4 nitrogen and oxygen atoms in total. The largest absolute Gasteiger partial charge is 0.493 e. The molecule has 0 saturated heterocycles. The summed E-state index contributed by atoms with van der Waals surface area (Å²) < 4.78 is 16.6. The van der Waals surface area contributed by atoms with Crippen LogP contribution in [0.1, 0.15) is 18.9 Å². The third kappa shape index (κ3) is 3.26. The first-order valence-electron chi connectivity index (χ1n) is 6.67. The lowest BCUT2D eigenvalue weighted by Crippen LogP contribution is -2.08. The minimum atomic E-state index is -0.0749. The number of ether oxygens (including phenoxy) is 3. The molecule has 1 aromatic rings. The van der Waals surface area contributed by atoms with Crippen molar-refractivity contribution in [3.63, 3.8) is 0 Å². The van der Waals surface area contributed by atoms with Gasteiger partial charge in [-0.1, -0.05) is 15.9 Å². The second-order valence-electron chi connectivity index (χ2n) is 4.86. The van der Waals surface area contributed by atoms with Gasteiger partial charge >= 0.3 is 5.97 Å². The van der Waals surface area contributed by atoms with Crippen LogP contribution in [0.4, 0.5) is 0 Å². The van der Waals surface area contributed by atoms with E-state index in [1.54, 1.807) is 14.2 Å². The molecule has 1 fully saturated rings. The fraction of sp³-hybridized carbons (Fsp3) is 0.533. The first-order valence-corrected chi connectivity index (χ1v) is 7.47. The van der Waals surface area contributed by atoms with Gasteiger partial charge in [0.1, 0.15) is 0 Å². The fourth-order valence-corrected chi connectivity index (χ4v) is 2.83. The Labute approximate surface area is 127 Å². The fourth-order valence-electron chi connectivity index (χ4n) is 2.35. The number of carbonyl (C=O) groups is 1. The molecule has 1 aliphatic rings. The number of methoxy groups -OCH3 is 2. The number of hydrogen-bond acceptors (Lipinski definition) is 4. The molecule has 0 radical (unpaired) electrons. The van der Waals surface area contributed by atoms with Crippen molar-refractivity contribution in [3.8, 4) is 11.5 Å². The Morgan fingerprint density at radius 1 is 1.30 bits per heavy atom. The van der Waals surface area contributed by atoms with Crippen molar-refractivity contribution < 1.29 is 19.0 Å². The van der Waals surface area contributed by atoms with E-state index in [0.29, 0.717) is 24.0 Å². The van der Waals surface area contributed by atoms with Gasteiger partial charge in [-0.05, 0) is 43.4 Å². The summed E-state index contributed by atoms with van der Waals surface area (Å²) in [6.07, 6.45) is 1.74. The summed E-state index contributed by atoms with van der Waals surface area (Å²) in [7, 11) is 3.23. The molecule has 2 rings (SSSR count). The van der Waals surface area contributed by atoms with Crippen molar-refractivity contribution in [1.29, 1.82) is 0 Å². The third-order valence-electron chi connectivity index (χ3n) is 3.55. The summed E-state index contributed by atoms with van der Waals surface area (Å²) in [5.41, 5.74) is 1.12. The lowest BCUT2D eigenvalue weighted by atomic mass is 10.1. The molecule has 0 heterocycles. The van der Waals surface area contributed by atoms with Gasteiger partial charge in [0.2, 0.25) is 0 Å². The zero-order valence-electron chi connectivity index (χ0n) is 11.9. The smallest absolute Gasteiger partial charge is 0.309 e. The van der Waals surface area contributed by atoms with Crippen LogP contribution in [0.2, 0.25) is 0 Å². The quantitative estimate of drug-likeness (QED) is 0.744. The van der Waals surface area contributed by atoms with Crippen molar-refractivity contribution in [1.82, 2.24) is 0 Å². The Morgan fingerprint density at radius 3 is 2.55 bits per heavy atom. The van der Waals surface area contributed by atoms with Crippen molar-refractivity contribution >= 4 is 21.9 Å². The van der Waals surface area contributed by atoms with E-state index in [2.05, 4.69) is 15.9 Å². The summed E-state index contributed by atoms with van der Waals surface area (Å²) >= 11 is 3.54. The summed E-state index contributed by atoms with van der Waals surface area (Å²) in [5.74, 6) is 1.74. The van der Waals surface area contributed by atoms with E-state index in [1.165, 1.54) is 0 Å².